The van der Waals surface area contributed by atoms with E-state index in [-0.39, 0.29) is 12.6 Å². The summed E-state index contributed by atoms with van der Waals surface area (Å²) in [5.41, 5.74) is 1.88. The minimum Gasteiger partial charge on any atom is -0.491 e. The molecule has 2 aromatic carbocycles. The molecule has 7 heteroatoms. The highest BCUT2D eigenvalue weighted by atomic mass is 16.5. The fraction of sp³-hybridized carbons (Fsp3) is 0.227. The molecule has 29 heavy (non-hydrogen) atoms. The van der Waals surface area contributed by atoms with Crippen LogP contribution in [0.3, 0.4) is 0 Å². The van der Waals surface area contributed by atoms with Gasteiger partial charge in [-0.2, -0.15) is 0 Å². The van der Waals surface area contributed by atoms with Crippen molar-refractivity contribution in [2.75, 3.05) is 23.4 Å². The number of benzene rings is 2. The molecule has 3 rings (SSSR count). The number of hydrogen-bond acceptors (Lipinski definition) is 6. The molecule has 0 spiro atoms. The van der Waals surface area contributed by atoms with E-state index in [0.29, 0.717) is 19.1 Å². The lowest BCUT2D eigenvalue weighted by Crippen LogP contribution is -2.29. The van der Waals surface area contributed by atoms with Crippen LogP contribution in [0.4, 0.5) is 11.6 Å². The number of carboxylic acid groups (broad SMARTS) is 1. The maximum atomic E-state index is 11.2. The molecule has 150 valence electrons. The standard InChI is InChI=1S/C22H24N4O3/c1-17(25-22-23-12-5-13-24-22)16-29-20-10-8-18(9-11-20)14-26(15-21(27)28)19-6-3-2-4-7-19/h2-13,17H,14-16H2,1H3,(H,27,28)(H,23,24,25). The van der Waals surface area contributed by atoms with Gasteiger partial charge in [0.25, 0.3) is 0 Å². The molecule has 0 radical (unpaired) electrons. The van der Waals surface area contributed by atoms with Gasteiger partial charge in [-0.05, 0) is 42.8 Å². The minimum atomic E-state index is -0.863. The van der Waals surface area contributed by atoms with Crippen LogP contribution in [0.1, 0.15) is 12.5 Å². The van der Waals surface area contributed by atoms with Gasteiger partial charge in [0, 0.05) is 24.6 Å². The molecule has 1 atom stereocenters. The maximum Gasteiger partial charge on any atom is 0.323 e. The number of carboxylic acids is 1. The van der Waals surface area contributed by atoms with Crippen LogP contribution >= 0.6 is 0 Å². The van der Waals surface area contributed by atoms with Crippen LogP contribution in [0, 0.1) is 0 Å². The number of ether oxygens (including phenoxy) is 1. The van der Waals surface area contributed by atoms with Gasteiger partial charge < -0.3 is 20.1 Å². The summed E-state index contributed by atoms with van der Waals surface area (Å²) in [7, 11) is 0. The number of nitrogens with zero attached hydrogens (tertiary/aromatic N) is 3. The molecule has 2 N–H and O–H groups in total. The number of aliphatic carboxylic acids is 1. The first-order valence-corrected chi connectivity index (χ1v) is 9.37. The van der Waals surface area contributed by atoms with E-state index in [2.05, 4.69) is 15.3 Å². The van der Waals surface area contributed by atoms with Crippen molar-refractivity contribution in [3.63, 3.8) is 0 Å². The van der Waals surface area contributed by atoms with Crippen LogP contribution < -0.4 is 15.0 Å². The Hall–Kier alpha value is -3.61. The third-order valence-corrected chi connectivity index (χ3v) is 4.19. The molecule has 0 aliphatic heterocycles. The van der Waals surface area contributed by atoms with Gasteiger partial charge in [-0.15, -0.1) is 0 Å². The van der Waals surface area contributed by atoms with Crippen LogP contribution in [-0.2, 0) is 11.3 Å². The molecule has 0 bridgehead atoms. The molecule has 0 aliphatic carbocycles. The largest absolute Gasteiger partial charge is 0.491 e. The number of nitrogens with one attached hydrogen (secondary N) is 1. The van der Waals surface area contributed by atoms with E-state index in [9.17, 15) is 9.90 Å². The summed E-state index contributed by atoms with van der Waals surface area (Å²) >= 11 is 0. The average molecular weight is 392 g/mol. The Morgan fingerprint density at radius 2 is 1.76 bits per heavy atom. The normalized spacial score (nSPS) is 11.5. The highest BCUT2D eigenvalue weighted by Crippen LogP contribution is 2.19. The van der Waals surface area contributed by atoms with E-state index in [4.69, 9.17) is 4.74 Å². The van der Waals surface area contributed by atoms with E-state index in [0.717, 1.165) is 17.0 Å². The fourth-order valence-corrected chi connectivity index (χ4v) is 2.81. The lowest BCUT2D eigenvalue weighted by molar-refractivity contribution is -0.135. The Morgan fingerprint density at radius 3 is 2.41 bits per heavy atom. The summed E-state index contributed by atoms with van der Waals surface area (Å²) in [6.07, 6.45) is 3.37. The monoisotopic (exact) mass is 392 g/mol. The molecule has 0 amide bonds. The smallest absolute Gasteiger partial charge is 0.323 e. The minimum absolute atomic E-state index is 0.0428. The lowest BCUT2D eigenvalue weighted by Gasteiger charge is -2.23. The van der Waals surface area contributed by atoms with Crippen molar-refractivity contribution in [3.8, 4) is 5.75 Å². The Balaban J connectivity index is 1.55. The van der Waals surface area contributed by atoms with Crippen LogP contribution in [0.2, 0.25) is 0 Å². The molecule has 0 aliphatic rings. The summed E-state index contributed by atoms with van der Waals surface area (Å²) in [5, 5.41) is 12.4. The summed E-state index contributed by atoms with van der Waals surface area (Å²) < 4.78 is 5.82. The van der Waals surface area contributed by atoms with Crippen LogP contribution in [0.15, 0.2) is 73.1 Å². The highest BCUT2D eigenvalue weighted by molar-refractivity contribution is 5.73. The second kappa shape index (κ2) is 10.1. The number of aromatic nitrogens is 2. The van der Waals surface area contributed by atoms with Gasteiger partial charge in [0.1, 0.15) is 18.9 Å². The number of para-hydroxylation sites is 1. The first-order chi connectivity index (χ1) is 14.1. The van der Waals surface area contributed by atoms with E-state index >= 15 is 0 Å². The number of rotatable bonds is 10. The maximum absolute atomic E-state index is 11.2. The Morgan fingerprint density at radius 1 is 1.07 bits per heavy atom. The molecule has 0 saturated heterocycles. The SMILES string of the molecule is CC(COc1ccc(CN(CC(=O)O)c2ccccc2)cc1)Nc1ncccn1. The van der Waals surface area contributed by atoms with Gasteiger partial charge in [-0.25, -0.2) is 9.97 Å². The molecule has 1 unspecified atom stereocenters. The zero-order valence-electron chi connectivity index (χ0n) is 16.2. The Kier molecular flexibility index (Phi) is 7.00. The predicted octanol–water partition coefficient (Wildman–Crippen LogP) is 3.45. The molecule has 1 heterocycles. The van der Waals surface area contributed by atoms with Crippen molar-refractivity contribution in [1.29, 1.82) is 0 Å². The second-order valence-electron chi connectivity index (χ2n) is 6.66. The molecule has 1 aromatic heterocycles. The first-order valence-electron chi connectivity index (χ1n) is 9.37. The van der Waals surface area contributed by atoms with Crippen LogP contribution in [-0.4, -0.2) is 40.2 Å². The highest BCUT2D eigenvalue weighted by Gasteiger charge is 2.11. The third-order valence-electron chi connectivity index (χ3n) is 4.19. The van der Waals surface area contributed by atoms with Crippen molar-refractivity contribution >= 4 is 17.6 Å². The van der Waals surface area contributed by atoms with Crippen molar-refractivity contribution in [2.24, 2.45) is 0 Å². The molecule has 3 aromatic rings. The fourth-order valence-electron chi connectivity index (χ4n) is 2.81. The summed E-state index contributed by atoms with van der Waals surface area (Å²) in [6.45, 7) is 2.90. The summed E-state index contributed by atoms with van der Waals surface area (Å²) in [6, 6.07) is 19.0. The topological polar surface area (TPSA) is 87.6 Å². The van der Waals surface area contributed by atoms with Gasteiger partial charge in [-0.1, -0.05) is 30.3 Å². The summed E-state index contributed by atoms with van der Waals surface area (Å²) in [4.78, 5) is 21.3. The molecular weight excluding hydrogens is 368 g/mol. The van der Waals surface area contributed by atoms with E-state index < -0.39 is 5.97 Å². The van der Waals surface area contributed by atoms with Crippen LogP contribution in [0.5, 0.6) is 5.75 Å². The zero-order chi connectivity index (χ0) is 20.5. The Bertz CT molecular complexity index is 889. The van der Waals surface area contributed by atoms with E-state index in [1.165, 1.54) is 0 Å². The van der Waals surface area contributed by atoms with Gasteiger partial charge in [0.2, 0.25) is 5.95 Å². The van der Waals surface area contributed by atoms with Gasteiger partial charge in [0.15, 0.2) is 0 Å². The average Bonchev–Trinajstić information content (AvgIpc) is 2.74. The van der Waals surface area contributed by atoms with E-state index in [1.54, 1.807) is 18.5 Å². The van der Waals surface area contributed by atoms with E-state index in [1.807, 2.05) is 66.4 Å². The first kappa shape index (κ1) is 20.1. The zero-order valence-corrected chi connectivity index (χ0v) is 16.2. The van der Waals surface area contributed by atoms with Gasteiger partial charge in [0.05, 0.1) is 6.04 Å². The number of anilines is 2. The van der Waals surface area contributed by atoms with Crippen molar-refractivity contribution in [1.82, 2.24) is 9.97 Å². The lowest BCUT2D eigenvalue weighted by atomic mass is 10.2. The molecule has 0 saturated carbocycles. The Labute approximate surface area is 170 Å². The van der Waals surface area contributed by atoms with Gasteiger partial charge >= 0.3 is 5.97 Å². The quantitative estimate of drug-likeness (QED) is 0.546. The number of hydrogen-bond donors (Lipinski definition) is 2. The third kappa shape index (κ3) is 6.49. The summed E-state index contributed by atoms with van der Waals surface area (Å²) in [5.74, 6) is 0.456. The van der Waals surface area contributed by atoms with Crippen molar-refractivity contribution in [3.05, 3.63) is 78.6 Å². The molecular formula is C22H24N4O3. The van der Waals surface area contributed by atoms with Crippen LogP contribution in [0.25, 0.3) is 0 Å². The van der Waals surface area contributed by atoms with Gasteiger partial charge in [-0.3, -0.25) is 4.79 Å². The van der Waals surface area contributed by atoms with Crippen molar-refractivity contribution in [2.45, 2.75) is 19.5 Å². The molecule has 7 nitrogen and oxygen atoms in total. The predicted molar refractivity (Wildman–Crippen MR) is 112 cm³/mol. The number of carbonyl (C=O) groups is 1. The molecule has 0 fully saturated rings. The van der Waals surface area contributed by atoms with Crippen molar-refractivity contribution < 1.29 is 14.6 Å². The second-order valence-corrected chi connectivity index (χ2v) is 6.66.